The van der Waals surface area contributed by atoms with E-state index in [0.29, 0.717) is 6.04 Å². The highest BCUT2D eigenvalue weighted by Gasteiger charge is 2.20. The van der Waals surface area contributed by atoms with Crippen LogP contribution >= 0.6 is 11.3 Å². The molecule has 1 aromatic carbocycles. The van der Waals surface area contributed by atoms with E-state index < -0.39 is 0 Å². The minimum absolute atomic E-state index is 0.414. The summed E-state index contributed by atoms with van der Waals surface area (Å²) < 4.78 is 5.70. The van der Waals surface area contributed by atoms with Gasteiger partial charge in [-0.2, -0.15) is 0 Å². The van der Waals surface area contributed by atoms with Gasteiger partial charge in [0, 0.05) is 29.4 Å². The number of para-hydroxylation sites is 1. The van der Waals surface area contributed by atoms with Crippen LogP contribution in [0.4, 0.5) is 0 Å². The molecular formula is C16H19NOS. The Morgan fingerprint density at radius 3 is 3.11 bits per heavy atom. The maximum Gasteiger partial charge on any atom is 0.124 e. The average Bonchev–Trinajstić information content (AvgIpc) is 2.92. The van der Waals surface area contributed by atoms with Crippen molar-refractivity contribution in [1.82, 2.24) is 5.32 Å². The summed E-state index contributed by atoms with van der Waals surface area (Å²) in [4.78, 5) is 1.46. The van der Waals surface area contributed by atoms with Crippen molar-refractivity contribution in [2.24, 2.45) is 0 Å². The van der Waals surface area contributed by atoms with Crippen molar-refractivity contribution < 1.29 is 4.74 Å². The van der Waals surface area contributed by atoms with E-state index in [4.69, 9.17) is 4.74 Å². The first-order valence-electron chi connectivity index (χ1n) is 6.89. The third-order valence-corrected chi connectivity index (χ3v) is 4.65. The van der Waals surface area contributed by atoms with Crippen LogP contribution in [0.3, 0.4) is 0 Å². The number of ether oxygens (including phenoxy) is 1. The number of thiophene rings is 1. The summed E-state index contributed by atoms with van der Waals surface area (Å²) >= 11 is 1.85. The predicted octanol–water partition coefficient (Wildman–Crippen LogP) is 3.92. The Labute approximate surface area is 118 Å². The Kier molecular flexibility index (Phi) is 3.85. The van der Waals surface area contributed by atoms with Gasteiger partial charge in [0.15, 0.2) is 0 Å². The molecule has 1 aliphatic heterocycles. The molecule has 0 saturated carbocycles. The maximum atomic E-state index is 5.70. The van der Waals surface area contributed by atoms with Crippen LogP contribution < -0.4 is 10.1 Å². The van der Waals surface area contributed by atoms with Crippen LogP contribution in [0.5, 0.6) is 5.75 Å². The molecule has 1 aromatic heterocycles. The van der Waals surface area contributed by atoms with E-state index in [-0.39, 0.29) is 0 Å². The molecule has 100 valence electrons. The molecule has 3 heteroatoms. The molecule has 1 atom stereocenters. The Morgan fingerprint density at radius 1 is 1.32 bits per heavy atom. The Balaban J connectivity index is 1.71. The molecule has 2 heterocycles. The molecule has 3 rings (SSSR count). The number of fused-ring (bicyclic) bond motifs is 1. The van der Waals surface area contributed by atoms with Gasteiger partial charge in [-0.25, -0.2) is 0 Å². The molecule has 0 bridgehead atoms. The first kappa shape index (κ1) is 12.7. The molecule has 1 aliphatic rings. The fourth-order valence-corrected chi connectivity index (χ4v) is 3.53. The quantitative estimate of drug-likeness (QED) is 0.911. The van der Waals surface area contributed by atoms with Crippen LogP contribution in [0, 0.1) is 0 Å². The summed E-state index contributed by atoms with van der Waals surface area (Å²) in [6, 6.07) is 11.0. The van der Waals surface area contributed by atoms with Crippen LogP contribution in [0.2, 0.25) is 0 Å². The summed E-state index contributed by atoms with van der Waals surface area (Å²) in [5, 5.41) is 5.87. The topological polar surface area (TPSA) is 21.3 Å². The number of rotatable bonds is 4. The van der Waals surface area contributed by atoms with Gasteiger partial charge in [-0.15, -0.1) is 11.3 Å². The zero-order valence-corrected chi connectivity index (χ0v) is 12.0. The molecule has 0 saturated heterocycles. The van der Waals surface area contributed by atoms with Gasteiger partial charge in [-0.05, 0) is 29.5 Å². The molecule has 1 unspecified atom stereocenters. The van der Waals surface area contributed by atoms with Gasteiger partial charge < -0.3 is 10.1 Å². The molecule has 1 N–H and O–H groups in total. The van der Waals surface area contributed by atoms with E-state index in [2.05, 4.69) is 41.9 Å². The fourth-order valence-electron chi connectivity index (χ4n) is 2.61. The van der Waals surface area contributed by atoms with Crippen LogP contribution in [-0.2, 0) is 13.0 Å². The normalized spacial score (nSPS) is 17.8. The van der Waals surface area contributed by atoms with Crippen molar-refractivity contribution in [1.29, 1.82) is 0 Å². The molecule has 2 nitrogen and oxygen atoms in total. The van der Waals surface area contributed by atoms with Crippen molar-refractivity contribution >= 4 is 11.3 Å². The number of nitrogens with one attached hydrogen (secondary N) is 1. The van der Waals surface area contributed by atoms with Gasteiger partial charge in [0.2, 0.25) is 0 Å². The van der Waals surface area contributed by atoms with Gasteiger partial charge in [0.25, 0.3) is 0 Å². The van der Waals surface area contributed by atoms with Crippen LogP contribution in [0.15, 0.2) is 35.7 Å². The van der Waals surface area contributed by atoms with Gasteiger partial charge in [-0.3, -0.25) is 0 Å². The van der Waals surface area contributed by atoms with Crippen LogP contribution in [-0.4, -0.2) is 6.61 Å². The summed E-state index contributed by atoms with van der Waals surface area (Å²) in [6.07, 6.45) is 2.16. The lowest BCUT2D eigenvalue weighted by Gasteiger charge is -2.26. The summed E-state index contributed by atoms with van der Waals surface area (Å²) in [5.74, 6) is 1.04. The van der Waals surface area contributed by atoms with Crippen LogP contribution in [0.25, 0.3) is 0 Å². The largest absolute Gasteiger partial charge is 0.493 e. The zero-order chi connectivity index (χ0) is 13.1. The minimum atomic E-state index is 0.414. The Hall–Kier alpha value is -1.32. The number of hydrogen-bond acceptors (Lipinski definition) is 3. The Bertz CT molecular complexity index is 549. The van der Waals surface area contributed by atoms with Gasteiger partial charge >= 0.3 is 0 Å². The van der Waals surface area contributed by atoms with Gasteiger partial charge in [0.05, 0.1) is 6.61 Å². The van der Waals surface area contributed by atoms with Crippen molar-refractivity contribution in [2.45, 2.75) is 32.4 Å². The molecular weight excluding hydrogens is 254 g/mol. The number of aryl methyl sites for hydroxylation is 1. The molecule has 2 aromatic rings. The van der Waals surface area contributed by atoms with E-state index in [1.807, 2.05) is 17.4 Å². The second kappa shape index (κ2) is 5.76. The predicted molar refractivity (Wildman–Crippen MR) is 79.8 cm³/mol. The van der Waals surface area contributed by atoms with E-state index in [1.165, 1.54) is 16.0 Å². The van der Waals surface area contributed by atoms with E-state index in [1.54, 1.807) is 0 Å². The Morgan fingerprint density at radius 2 is 2.21 bits per heavy atom. The lowest BCUT2D eigenvalue weighted by atomic mass is 10.0. The number of hydrogen-bond donors (Lipinski definition) is 1. The molecule has 0 radical (unpaired) electrons. The highest BCUT2D eigenvalue weighted by atomic mass is 32.1. The summed E-state index contributed by atoms with van der Waals surface area (Å²) in [6.45, 7) is 3.98. The third kappa shape index (κ3) is 2.67. The maximum absolute atomic E-state index is 5.70. The average molecular weight is 273 g/mol. The molecule has 19 heavy (non-hydrogen) atoms. The van der Waals surface area contributed by atoms with Crippen molar-refractivity contribution in [3.8, 4) is 5.75 Å². The monoisotopic (exact) mass is 273 g/mol. The van der Waals surface area contributed by atoms with E-state index >= 15 is 0 Å². The molecule has 0 aliphatic carbocycles. The third-order valence-electron chi connectivity index (χ3n) is 3.69. The van der Waals surface area contributed by atoms with Gasteiger partial charge in [0.1, 0.15) is 5.75 Å². The van der Waals surface area contributed by atoms with E-state index in [9.17, 15) is 0 Å². The van der Waals surface area contributed by atoms with Crippen molar-refractivity contribution in [3.63, 3.8) is 0 Å². The first-order valence-corrected chi connectivity index (χ1v) is 7.77. The summed E-state index contributed by atoms with van der Waals surface area (Å²) in [7, 11) is 0. The first-order chi connectivity index (χ1) is 9.38. The van der Waals surface area contributed by atoms with Gasteiger partial charge in [-0.1, -0.05) is 25.1 Å². The SMILES string of the molecule is CCc1ccsc1CNC1CCOc2ccccc21. The zero-order valence-electron chi connectivity index (χ0n) is 11.2. The van der Waals surface area contributed by atoms with Crippen LogP contribution in [0.1, 0.15) is 35.4 Å². The molecule has 0 spiro atoms. The lowest BCUT2D eigenvalue weighted by Crippen LogP contribution is -2.26. The minimum Gasteiger partial charge on any atom is -0.493 e. The molecule has 0 amide bonds. The smallest absolute Gasteiger partial charge is 0.124 e. The van der Waals surface area contributed by atoms with E-state index in [0.717, 1.165) is 31.7 Å². The highest BCUT2D eigenvalue weighted by molar-refractivity contribution is 7.10. The fraction of sp³-hybridized carbons (Fsp3) is 0.375. The summed E-state index contributed by atoms with van der Waals surface area (Å²) in [5.41, 5.74) is 2.76. The number of benzene rings is 1. The second-order valence-corrected chi connectivity index (χ2v) is 5.83. The standard InChI is InChI=1S/C16H19NOS/c1-2-12-8-10-19-16(12)11-17-14-7-9-18-15-6-4-3-5-13(14)15/h3-6,8,10,14,17H,2,7,9,11H2,1H3. The highest BCUT2D eigenvalue weighted by Crippen LogP contribution is 2.32. The van der Waals surface area contributed by atoms with Crippen molar-refractivity contribution in [2.75, 3.05) is 6.61 Å². The second-order valence-electron chi connectivity index (χ2n) is 4.83. The lowest BCUT2D eigenvalue weighted by molar-refractivity contribution is 0.252. The van der Waals surface area contributed by atoms with Crippen molar-refractivity contribution in [3.05, 3.63) is 51.7 Å². The molecule has 0 fully saturated rings.